The van der Waals surface area contributed by atoms with Crippen molar-refractivity contribution in [3.63, 3.8) is 0 Å². The lowest BCUT2D eigenvalue weighted by Gasteiger charge is -2.32. The Labute approximate surface area is 210 Å². The molecular weight excluding hydrogens is 450 g/mol. The van der Waals surface area contributed by atoms with Gasteiger partial charge in [-0.15, -0.1) is 0 Å². The number of amides is 2. The van der Waals surface area contributed by atoms with Crippen molar-refractivity contribution < 1.29 is 9.59 Å². The van der Waals surface area contributed by atoms with E-state index in [-0.39, 0.29) is 17.7 Å². The Hall–Kier alpha value is -4.26. The number of nitrogens with zero attached hydrogens (tertiary/aromatic N) is 4. The predicted molar refractivity (Wildman–Crippen MR) is 140 cm³/mol. The first-order valence-corrected chi connectivity index (χ1v) is 12.2. The first-order valence-electron chi connectivity index (χ1n) is 12.2. The molecule has 5 rings (SSSR count). The maximum Gasteiger partial charge on any atom is 0.257 e. The maximum absolute atomic E-state index is 13.9. The molecule has 1 aliphatic heterocycles. The van der Waals surface area contributed by atoms with Gasteiger partial charge < -0.3 is 10.2 Å². The molecule has 2 aromatic carbocycles. The van der Waals surface area contributed by atoms with E-state index in [2.05, 4.69) is 10.3 Å². The Morgan fingerprint density at radius 3 is 2.47 bits per heavy atom. The molecule has 7 heteroatoms. The number of nitrogens with one attached hydrogen (secondary N) is 1. The normalized spacial score (nSPS) is 15.5. The summed E-state index contributed by atoms with van der Waals surface area (Å²) in [7, 11) is 0. The molecule has 36 heavy (non-hydrogen) atoms. The van der Waals surface area contributed by atoms with Crippen LogP contribution in [0.1, 0.15) is 34.3 Å². The number of carbonyl (C=O) groups excluding carboxylic acids is 2. The van der Waals surface area contributed by atoms with Crippen molar-refractivity contribution in [3.05, 3.63) is 95.8 Å². The number of aromatic nitrogens is 3. The third-order valence-electron chi connectivity index (χ3n) is 6.70. The Morgan fingerprint density at radius 1 is 0.944 bits per heavy atom. The number of benzene rings is 2. The fourth-order valence-electron chi connectivity index (χ4n) is 4.66. The van der Waals surface area contributed by atoms with Gasteiger partial charge in [0.05, 0.1) is 17.2 Å². The third-order valence-corrected chi connectivity index (χ3v) is 6.70. The van der Waals surface area contributed by atoms with E-state index >= 15 is 0 Å². The SMILES string of the molecule is Cc1ccccc1-c1nn(-c2ccccc2)cc1C(=O)N1CCCC(C(=O)Nc2ncccc2C)C1. The number of hydrogen-bond acceptors (Lipinski definition) is 4. The quantitative estimate of drug-likeness (QED) is 0.435. The average molecular weight is 480 g/mol. The van der Waals surface area contributed by atoms with Gasteiger partial charge in [0.25, 0.3) is 5.91 Å². The summed E-state index contributed by atoms with van der Waals surface area (Å²) in [5, 5.41) is 7.77. The fourth-order valence-corrected chi connectivity index (χ4v) is 4.66. The van der Waals surface area contributed by atoms with Crippen molar-refractivity contribution in [1.82, 2.24) is 19.7 Å². The van der Waals surface area contributed by atoms with Crippen LogP contribution in [0.4, 0.5) is 5.82 Å². The molecule has 182 valence electrons. The van der Waals surface area contributed by atoms with E-state index in [0.29, 0.717) is 30.2 Å². The predicted octanol–water partition coefficient (Wildman–Crippen LogP) is 5.04. The average Bonchev–Trinajstić information content (AvgIpc) is 3.35. The second kappa shape index (κ2) is 10.2. The molecule has 2 amide bonds. The van der Waals surface area contributed by atoms with Gasteiger partial charge in [0.2, 0.25) is 5.91 Å². The van der Waals surface area contributed by atoms with Crippen LogP contribution in [0.25, 0.3) is 16.9 Å². The van der Waals surface area contributed by atoms with Crippen molar-refractivity contribution in [2.24, 2.45) is 5.92 Å². The van der Waals surface area contributed by atoms with Gasteiger partial charge in [-0.2, -0.15) is 5.10 Å². The molecule has 1 N–H and O–H groups in total. The highest BCUT2D eigenvalue weighted by Gasteiger charge is 2.31. The van der Waals surface area contributed by atoms with Crippen molar-refractivity contribution in [1.29, 1.82) is 0 Å². The summed E-state index contributed by atoms with van der Waals surface area (Å²) in [6.45, 7) is 4.90. The minimum Gasteiger partial charge on any atom is -0.338 e. The van der Waals surface area contributed by atoms with Crippen LogP contribution in [-0.2, 0) is 4.79 Å². The summed E-state index contributed by atoms with van der Waals surface area (Å²) in [4.78, 5) is 33.0. The van der Waals surface area contributed by atoms with E-state index < -0.39 is 0 Å². The smallest absolute Gasteiger partial charge is 0.257 e. The van der Waals surface area contributed by atoms with E-state index in [1.54, 1.807) is 22.0 Å². The van der Waals surface area contributed by atoms with Crippen LogP contribution in [0, 0.1) is 19.8 Å². The first-order chi connectivity index (χ1) is 17.5. The van der Waals surface area contributed by atoms with Gasteiger partial charge in [-0.3, -0.25) is 9.59 Å². The molecule has 0 bridgehead atoms. The van der Waals surface area contributed by atoms with Crippen LogP contribution in [-0.4, -0.2) is 44.6 Å². The van der Waals surface area contributed by atoms with Gasteiger partial charge in [-0.25, -0.2) is 9.67 Å². The lowest BCUT2D eigenvalue weighted by atomic mass is 9.95. The zero-order chi connectivity index (χ0) is 25.1. The van der Waals surface area contributed by atoms with E-state index in [4.69, 9.17) is 5.10 Å². The number of pyridine rings is 1. The summed E-state index contributed by atoms with van der Waals surface area (Å²) in [6.07, 6.45) is 4.96. The van der Waals surface area contributed by atoms with Crippen LogP contribution in [0.15, 0.2) is 79.1 Å². The summed E-state index contributed by atoms with van der Waals surface area (Å²) in [6, 6.07) is 21.5. The molecular formula is C29H29N5O2. The minimum absolute atomic E-state index is 0.103. The van der Waals surface area contributed by atoms with Crippen LogP contribution in [0.3, 0.4) is 0 Å². The van der Waals surface area contributed by atoms with Crippen molar-refractivity contribution in [2.75, 3.05) is 18.4 Å². The summed E-state index contributed by atoms with van der Waals surface area (Å²) < 4.78 is 1.76. The van der Waals surface area contributed by atoms with Crippen molar-refractivity contribution >= 4 is 17.6 Å². The molecule has 1 fully saturated rings. The molecule has 1 atom stereocenters. The summed E-state index contributed by atoms with van der Waals surface area (Å²) in [5.41, 5.74) is 4.95. The Bertz CT molecular complexity index is 1400. The van der Waals surface area contributed by atoms with Crippen LogP contribution >= 0.6 is 0 Å². The molecule has 0 saturated carbocycles. The van der Waals surface area contributed by atoms with Crippen LogP contribution in [0.2, 0.25) is 0 Å². The molecule has 7 nitrogen and oxygen atoms in total. The van der Waals surface area contributed by atoms with E-state index in [1.165, 1.54) is 0 Å². The number of para-hydroxylation sites is 1. The van der Waals surface area contributed by atoms with Crippen molar-refractivity contribution in [2.45, 2.75) is 26.7 Å². The zero-order valence-electron chi connectivity index (χ0n) is 20.5. The molecule has 4 aromatic rings. The van der Waals surface area contributed by atoms with Gasteiger partial charge >= 0.3 is 0 Å². The highest BCUT2D eigenvalue weighted by atomic mass is 16.2. The largest absolute Gasteiger partial charge is 0.338 e. The minimum atomic E-state index is -0.296. The Morgan fingerprint density at radius 2 is 1.69 bits per heavy atom. The second-order valence-corrected chi connectivity index (χ2v) is 9.23. The van der Waals surface area contributed by atoms with Gasteiger partial charge in [-0.05, 0) is 56.0 Å². The summed E-state index contributed by atoms with van der Waals surface area (Å²) in [5.74, 6) is 0.0578. The number of rotatable bonds is 5. The zero-order valence-corrected chi connectivity index (χ0v) is 20.5. The number of likely N-dealkylation sites (tertiary alicyclic amines) is 1. The maximum atomic E-state index is 13.9. The topological polar surface area (TPSA) is 80.1 Å². The molecule has 1 saturated heterocycles. The van der Waals surface area contributed by atoms with Crippen LogP contribution < -0.4 is 5.32 Å². The molecule has 0 radical (unpaired) electrons. The lowest BCUT2D eigenvalue weighted by molar-refractivity contribution is -0.121. The van der Waals surface area contributed by atoms with Crippen LogP contribution in [0.5, 0.6) is 0 Å². The molecule has 2 aromatic heterocycles. The highest BCUT2D eigenvalue weighted by Crippen LogP contribution is 2.29. The molecule has 1 aliphatic rings. The lowest BCUT2D eigenvalue weighted by Crippen LogP contribution is -2.44. The van der Waals surface area contributed by atoms with Gasteiger partial charge in [-0.1, -0.05) is 48.5 Å². The fraction of sp³-hybridized carbons (Fsp3) is 0.241. The number of piperidine rings is 1. The Kier molecular flexibility index (Phi) is 6.62. The monoisotopic (exact) mass is 479 g/mol. The molecule has 3 heterocycles. The van der Waals surface area contributed by atoms with Gasteiger partial charge in [0, 0.05) is 31.0 Å². The first kappa shape index (κ1) is 23.5. The third kappa shape index (κ3) is 4.77. The standard InChI is InChI=1S/C29H29N5O2/c1-20-10-6-7-15-24(20)26-25(19-34(32-26)23-13-4-3-5-14-23)29(36)33-17-9-12-22(18-33)28(35)31-27-21(2)11-8-16-30-27/h3-8,10-11,13-16,19,22H,9,12,17-18H2,1-2H3,(H,30,31,35). The number of anilines is 1. The van der Waals surface area contributed by atoms with Gasteiger partial charge in [0.1, 0.15) is 11.5 Å². The van der Waals surface area contributed by atoms with E-state index in [1.807, 2.05) is 80.6 Å². The second-order valence-electron chi connectivity index (χ2n) is 9.23. The number of carbonyl (C=O) groups is 2. The molecule has 1 unspecified atom stereocenters. The number of aryl methyl sites for hydroxylation is 2. The van der Waals surface area contributed by atoms with E-state index in [0.717, 1.165) is 35.2 Å². The summed E-state index contributed by atoms with van der Waals surface area (Å²) >= 11 is 0. The number of hydrogen-bond donors (Lipinski definition) is 1. The highest BCUT2D eigenvalue weighted by molar-refractivity contribution is 6.01. The Balaban J connectivity index is 1.43. The van der Waals surface area contributed by atoms with E-state index in [9.17, 15) is 9.59 Å². The van der Waals surface area contributed by atoms with Crippen molar-refractivity contribution in [3.8, 4) is 16.9 Å². The molecule has 0 aliphatic carbocycles. The van der Waals surface area contributed by atoms with Gasteiger partial charge in [0.15, 0.2) is 0 Å². The molecule has 0 spiro atoms.